The third-order valence-corrected chi connectivity index (χ3v) is 4.25. The summed E-state index contributed by atoms with van der Waals surface area (Å²) in [5, 5.41) is 12.1. The molecule has 0 radical (unpaired) electrons. The van der Waals surface area contributed by atoms with E-state index in [0.29, 0.717) is 0 Å². The highest BCUT2D eigenvalue weighted by Gasteiger charge is 2.16. The first-order valence-electron chi connectivity index (χ1n) is 6.96. The van der Waals surface area contributed by atoms with Crippen LogP contribution < -0.4 is 5.32 Å². The molecule has 0 aromatic carbocycles. The number of carbonyl (C=O) groups is 2. The fourth-order valence-corrected chi connectivity index (χ4v) is 2.98. The molecule has 1 aliphatic rings. The van der Waals surface area contributed by atoms with Gasteiger partial charge < -0.3 is 15.3 Å². The van der Waals surface area contributed by atoms with Gasteiger partial charge in [-0.25, -0.2) is 4.98 Å². The minimum Gasteiger partial charge on any atom is -0.505 e. The zero-order valence-corrected chi connectivity index (χ0v) is 12.6. The number of hydrogen-bond donors (Lipinski definition) is 2. The molecule has 1 aliphatic heterocycles. The Kier molecular flexibility index (Phi) is 5.86. The number of carbonyl (C=O) groups excluding carboxylic acids is 2. The van der Waals surface area contributed by atoms with Crippen LogP contribution in [0, 0.1) is 0 Å². The summed E-state index contributed by atoms with van der Waals surface area (Å²) in [7, 11) is 0. The van der Waals surface area contributed by atoms with Gasteiger partial charge in [0, 0.05) is 38.0 Å². The smallest absolute Gasteiger partial charge is 0.273 e. The maximum absolute atomic E-state index is 12.0. The second kappa shape index (κ2) is 7.87. The molecule has 0 spiro atoms. The molecule has 1 aromatic heterocycles. The Morgan fingerprint density at radius 2 is 2.24 bits per heavy atom. The minimum absolute atomic E-state index is 0.0175. The maximum Gasteiger partial charge on any atom is 0.273 e. The predicted octanol–water partition coefficient (Wildman–Crippen LogP) is 0.873. The van der Waals surface area contributed by atoms with Gasteiger partial charge in [-0.15, -0.1) is 0 Å². The molecular weight excluding hydrogens is 290 g/mol. The van der Waals surface area contributed by atoms with Crippen molar-refractivity contribution in [2.45, 2.75) is 12.8 Å². The highest BCUT2D eigenvalue weighted by atomic mass is 32.2. The van der Waals surface area contributed by atoms with E-state index in [1.807, 2.05) is 16.7 Å². The highest BCUT2D eigenvalue weighted by Crippen LogP contribution is 2.12. The first-order chi connectivity index (χ1) is 10.2. The van der Waals surface area contributed by atoms with Gasteiger partial charge in [-0.3, -0.25) is 9.59 Å². The average molecular weight is 309 g/mol. The molecule has 2 rings (SSSR count). The number of nitrogens with zero attached hydrogens (tertiary/aromatic N) is 2. The molecule has 0 atom stereocenters. The van der Waals surface area contributed by atoms with Gasteiger partial charge in [0.1, 0.15) is 5.75 Å². The van der Waals surface area contributed by atoms with E-state index in [1.54, 1.807) is 6.07 Å². The number of nitrogens with one attached hydrogen (secondary N) is 1. The van der Waals surface area contributed by atoms with Crippen LogP contribution in [0.2, 0.25) is 0 Å². The lowest BCUT2D eigenvalue weighted by Crippen LogP contribution is -2.36. The van der Waals surface area contributed by atoms with E-state index >= 15 is 0 Å². The van der Waals surface area contributed by atoms with Gasteiger partial charge in [0.2, 0.25) is 5.91 Å². The van der Waals surface area contributed by atoms with Crippen LogP contribution in [-0.2, 0) is 4.79 Å². The number of amides is 2. The number of rotatable bonds is 4. The first kappa shape index (κ1) is 15.6. The summed E-state index contributed by atoms with van der Waals surface area (Å²) >= 11 is 1.86. The zero-order valence-electron chi connectivity index (χ0n) is 11.7. The van der Waals surface area contributed by atoms with E-state index in [0.717, 1.165) is 31.0 Å². The molecule has 6 nitrogen and oxygen atoms in total. The Bertz CT molecular complexity index is 502. The molecule has 2 amide bonds. The summed E-state index contributed by atoms with van der Waals surface area (Å²) in [6, 6.07) is 2.95. The van der Waals surface area contributed by atoms with Crippen LogP contribution in [0.15, 0.2) is 18.3 Å². The average Bonchev–Trinajstić information content (AvgIpc) is 2.76. The van der Waals surface area contributed by atoms with Gasteiger partial charge in [-0.2, -0.15) is 11.8 Å². The third-order valence-electron chi connectivity index (χ3n) is 3.20. The molecular formula is C14H19N3O3S. The quantitative estimate of drug-likeness (QED) is 0.862. The molecule has 114 valence electrons. The lowest BCUT2D eigenvalue weighted by atomic mass is 10.3. The van der Waals surface area contributed by atoms with Crippen LogP contribution in [-0.4, -0.2) is 57.9 Å². The SMILES string of the molecule is O=C(NCCC(=O)N1CCCSCC1)c1ncccc1O. The summed E-state index contributed by atoms with van der Waals surface area (Å²) < 4.78 is 0. The van der Waals surface area contributed by atoms with Crippen molar-refractivity contribution < 1.29 is 14.7 Å². The number of thioether (sulfide) groups is 1. The standard InChI is InChI=1S/C14H19N3O3S/c18-11-3-1-5-15-13(11)14(20)16-6-4-12(19)17-7-2-9-21-10-8-17/h1,3,5,18H,2,4,6-10H2,(H,16,20). The van der Waals surface area contributed by atoms with E-state index < -0.39 is 5.91 Å². The van der Waals surface area contributed by atoms with Crippen LogP contribution in [0.25, 0.3) is 0 Å². The van der Waals surface area contributed by atoms with Crippen LogP contribution in [0.3, 0.4) is 0 Å². The lowest BCUT2D eigenvalue weighted by Gasteiger charge is -2.19. The topological polar surface area (TPSA) is 82.5 Å². The van der Waals surface area contributed by atoms with Gasteiger partial charge in [-0.05, 0) is 24.3 Å². The molecule has 21 heavy (non-hydrogen) atoms. The van der Waals surface area contributed by atoms with Gasteiger partial charge in [0.05, 0.1) is 0 Å². The molecule has 0 bridgehead atoms. The van der Waals surface area contributed by atoms with Gasteiger partial charge >= 0.3 is 0 Å². The molecule has 0 unspecified atom stereocenters. The molecule has 1 aromatic rings. The van der Waals surface area contributed by atoms with Crippen molar-refractivity contribution >= 4 is 23.6 Å². The van der Waals surface area contributed by atoms with Crippen molar-refractivity contribution in [2.24, 2.45) is 0 Å². The second-order valence-electron chi connectivity index (χ2n) is 4.72. The van der Waals surface area contributed by atoms with Gasteiger partial charge in [-0.1, -0.05) is 0 Å². The third kappa shape index (κ3) is 4.63. The lowest BCUT2D eigenvalue weighted by molar-refractivity contribution is -0.130. The van der Waals surface area contributed by atoms with Crippen molar-refractivity contribution in [3.63, 3.8) is 0 Å². The minimum atomic E-state index is -0.465. The fourth-order valence-electron chi connectivity index (χ4n) is 2.09. The second-order valence-corrected chi connectivity index (χ2v) is 5.95. The van der Waals surface area contributed by atoms with E-state index in [4.69, 9.17) is 0 Å². The van der Waals surface area contributed by atoms with E-state index in [2.05, 4.69) is 10.3 Å². The molecule has 0 aliphatic carbocycles. The van der Waals surface area contributed by atoms with Crippen LogP contribution in [0.5, 0.6) is 5.75 Å². The highest BCUT2D eigenvalue weighted by molar-refractivity contribution is 7.99. The molecule has 2 N–H and O–H groups in total. The summed E-state index contributed by atoms with van der Waals surface area (Å²) in [6.45, 7) is 1.82. The predicted molar refractivity (Wildman–Crippen MR) is 81.4 cm³/mol. The summed E-state index contributed by atoms with van der Waals surface area (Å²) in [6.07, 6.45) is 2.73. The molecule has 7 heteroatoms. The Hall–Kier alpha value is -1.76. The number of aromatic nitrogens is 1. The first-order valence-corrected chi connectivity index (χ1v) is 8.11. The molecule has 0 saturated carbocycles. The zero-order chi connectivity index (χ0) is 15.1. The Morgan fingerprint density at radius 3 is 3.05 bits per heavy atom. The van der Waals surface area contributed by atoms with Crippen molar-refractivity contribution in [1.29, 1.82) is 0 Å². The van der Waals surface area contributed by atoms with Crippen molar-refractivity contribution in [2.75, 3.05) is 31.1 Å². The van der Waals surface area contributed by atoms with Crippen molar-refractivity contribution in [1.82, 2.24) is 15.2 Å². The Balaban J connectivity index is 1.77. The largest absolute Gasteiger partial charge is 0.505 e. The number of hydrogen-bond acceptors (Lipinski definition) is 5. The molecule has 1 saturated heterocycles. The Morgan fingerprint density at radius 1 is 1.38 bits per heavy atom. The van der Waals surface area contributed by atoms with Gasteiger partial charge in [0.25, 0.3) is 5.91 Å². The fraction of sp³-hybridized carbons (Fsp3) is 0.500. The normalized spacial score (nSPS) is 15.3. The van der Waals surface area contributed by atoms with Crippen LogP contribution in [0.1, 0.15) is 23.3 Å². The van der Waals surface area contributed by atoms with E-state index in [-0.39, 0.29) is 30.3 Å². The summed E-state index contributed by atoms with van der Waals surface area (Å²) in [5.74, 6) is 1.50. The van der Waals surface area contributed by atoms with Crippen LogP contribution in [0.4, 0.5) is 0 Å². The van der Waals surface area contributed by atoms with Crippen molar-refractivity contribution in [3.8, 4) is 5.75 Å². The van der Waals surface area contributed by atoms with Crippen molar-refractivity contribution in [3.05, 3.63) is 24.0 Å². The molecule has 1 fully saturated rings. The van der Waals surface area contributed by atoms with E-state index in [9.17, 15) is 14.7 Å². The monoisotopic (exact) mass is 309 g/mol. The van der Waals surface area contributed by atoms with Crippen LogP contribution >= 0.6 is 11.8 Å². The number of pyridine rings is 1. The van der Waals surface area contributed by atoms with Gasteiger partial charge in [0.15, 0.2) is 5.69 Å². The maximum atomic E-state index is 12.0. The van der Waals surface area contributed by atoms with E-state index in [1.165, 1.54) is 12.3 Å². The summed E-state index contributed by atoms with van der Waals surface area (Å²) in [5.41, 5.74) is -0.0175. The number of aromatic hydroxyl groups is 1. The molecule has 2 heterocycles. The summed E-state index contributed by atoms with van der Waals surface area (Å²) in [4.78, 5) is 29.5. The Labute approximate surface area is 127 Å².